The maximum absolute atomic E-state index is 6.65. The number of terminal acetylenes is 1. The molecule has 0 bridgehead atoms. The van der Waals surface area contributed by atoms with Gasteiger partial charge in [-0.2, -0.15) is 0 Å². The van der Waals surface area contributed by atoms with Gasteiger partial charge in [-0.1, -0.05) is 60.0 Å². The molecule has 6 rings (SSSR count). The van der Waals surface area contributed by atoms with E-state index in [-0.39, 0.29) is 11.5 Å². The van der Waals surface area contributed by atoms with Crippen LogP contribution < -0.4 is 26.4 Å². The number of piperidine rings is 2. The molecule has 0 aliphatic carbocycles. The van der Waals surface area contributed by atoms with E-state index >= 15 is 0 Å². The monoisotopic (exact) mass is 739 g/mol. The number of hydrazine groups is 1. The Balaban J connectivity index is 0.000000431. The van der Waals surface area contributed by atoms with Crippen LogP contribution in [0.3, 0.4) is 0 Å². The normalized spacial score (nSPS) is 18.1. The average molecular weight is 739 g/mol. The van der Waals surface area contributed by atoms with Gasteiger partial charge in [-0.05, 0) is 108 Å². The number of hydrogen-bond donors (Lipinski definition) is 3. The molecule has 3 aliphatic heterocycles. The smallest absolute Gasteiger partial charge is 0.0663 e. The van der Waals surface area contributed by atoms with Crippen LogP contribution in [0, 0.1) is 17.8 Å². The van der Waals surface area contributed by atoms with E-state index in [4.69, 9.17) is 10.7 Å². The molecule has 2 atom stereocenters. The highest BCUT2D eigenvalue weighted by atomic mass is 15.3. The molecule has 54 heavy (non-hydrogen) atoms. The molecule has 1 aromatic carbocycles. The van der Waals surface area contributed by atoms with Gasteiger partial charge in [0.2, 0.25) is 0 Å². The molecule has 0 saturated carbocycles. The van der Waals surface area contributed by atoms with E-state index in [1.54, 1.807) is 13.1 Å². The number of nitrogens with one attached hydrogen (secondary N) is 2. The SMILES string of the molecule is C#CC.C=CNNCCCCCC.CCn1c(-c2cc(N3CCN4CCCCC4C3)cnc2C(C)N)c(CC(C)(C)C)c2cc(N3CCCCC3)ccc21. The minimum Gasteiger partial charge on any atom is -0.372 e. The predicted molar refractivity (Wildman–Crippen MR) is 234 cm³/mol. The van der Waals surface area contributed by atoms with Gasteiger partial charge in [-0.15, -0.1) is 12.3 Å². The largest absolute Gasteiger partial charge is 0.372 e. The number of nitrogens with zero attached hydrogens (tertiary/aromatic N) is 5. The van der Waals surface area contributed by atoms with Crippen molar-refractivity contribution in [3.63, 3.8) is 0 Å². The summed E-state index contributed by atoms with van der Waals surface area (Å²) < 4.78 is 2.54. The van der Waals surface area contributed by atoms with Crippen LogP contribution in [0.4, 0.5) is 11.4 Å². The number of anilines is 2. The van der Waals surface area contributed by atoms with Crippen molar-refractivity contribution in [1.29, 1.82) is 0 Å². The Kier molecular flexibility index (Phi) is 17.2. The maximum atomic E-state index is 6.65. The van der Waals surface area contributed by atoms with E-state index in [1.165, 1.54) is 110 Å². The molecule has 5 heterocycles. The van der Waals surface area contributed by atoms with Crippen LogP contribution >= 0.6 is 0 Å². The number of nitrogens with two attached hydrogens (primary N) is 1. The lowest BCUT2D eigenvalue weighted by molar-refractivity contribution is 0.133. The molecule has 3 fully saturated rings. The van der Waals surface area contributed by atoms with Gasteiger partial charge in [0.1, 0.15) is 0 Å². The first-order valence-electron chi connectivity index (χ1n) is 21.2. The molecular formula is C46H74N8. The number of pyridine rings is 1. The molecule has 8 heteroatoms. The molecule has 3 saturated heterocycles. The van der Waals surface area contributed by atoms with Gasteiger partial charge in [0.25, 0.3) is 0 Å². The van der Waals surface area contributed by atoms with Crippen LogP contribution in [0.2, 0.25) is 0 Å². The molecular weight excluding hydrogens is 665 g/mol. The maximum Gasteiger partial charge on any atom is 0.0663 e. The fourth-order valence-corrected chi connectivity index (χ4v) is 8.47. The minimum absolute atomic E-state index is 0.135. The molecule has 2 aromatic heterocycles. The number of unbranched alkanes of at least 4 members (excludes halogenated alkanes) is 3. The topological polar surface area (TPSA) is 77.6 Å². The van der Waals surface area contributed by atoms with Gasteiger partial charge in [-0.25, -0.2) is 5.43 Å². The molecule has 4 N–H and O–H groups in total. The van der Waals surface area contributed by atoms with E-state index in [2.05, 4.69) is 121 Å². The van der Waals surface area contributed by atoms with Crippen molar-refractivity contribution >= 4 is 22.3 Å². The molecule has 8 nitrogen and oxygen atoms in total. The summed E-state index contributed by atoms with van der Waals surface area (Å²) in [4.78, 5) is 13.0. The molecule has 0 spiro atoms. The average Bonchev–Trinajstić information content (AvgIpc) is 3.47. The van der Waals surface area contributed by atoms with E-state index < -0.39 is 0 Å². The van der Waals surface area contributed by atoms with Crippen LogP contribution in [0.1, 0.15) is 130 Å². The van der Waals surface area contributed by atoms with Crippen molar-refractivity contribution in [2.75, 3.05) is 55.6 Å². The quantitative estimate of drug-likeness (QED) is 0.0917. The number of fused-ring (bicyclic) bond motifs is 2. The van der Waals surface area contributed by atoms with Crippen LogP contribution in [0.25, 0.3) is 22.2 Å². The Morgan fingerprint density at radius 3 is 2.39 bits per heavy atom. The summed E-state index contributed by atoms with van der Waals surface area (Å²) in [5.41, 5.74) is 21.6. The summed E-state index contributed by atoms with van der Waals surface area (Å²) >= 11 is 0. The van der Waals surface area contributed by atoms with Gasteiger partial charge < -0.3 is 25.5 Å². The predicted octanol–water partition coefficient (Wildman–Crippen LogP) is 9.44. The Morgan fingerprint density at radius 2 is 1.72 bits per heavy atom. The third kappa shape index (κ3) is 11.7. The number of piperazine rings is 1. The number of benzene rings is 1. The number of hydrogen-bond acceptors (Lipinski definition) is 7. The Morgan fingerprint density at radius 1 is 0.981 bits per heavy atom. The van der Waals surface area contributed by atoms with E-state index in [0.29, 0.717) is 6.04 Å². The Labute approximate surface area is 329 Å². The van der Waals surface area contributed by atoms with Gasteiger partial charge in [0.05, 0.1) is 23.3 Å². The van der Waals surface area contributed by atoms with Crippen molar-refractivity contribution in [1.82, 2.24) is 25.3 Å². The highest BCUT2D eigenvalue weighted by Crippen LogP contribution is 2.42. The first kappa shape index (κ1) is 43.2. The zero-order valence-corrected chi connectivity index (χ0v) is 35.2. The van der Waals surface area contributed by atoms with Crippen LogP contribution in [-0.2, 0) is 13.0 Å². The lowest BCUT2D eigenvalue weighted by Gasteiger charge is -2.45. The lowest BCUT2D eigenvalue weighted by atomic mass is 9.85. The summed E-state index contributed by atoms with van der Waals surface area (Å²) in [5, 5.41) is 1.40. The molecule has 3 aromatic rings. The van der Waals surface area contributed by atoms with Gasteiger partial charge >= 0.3 is 0 Å². The van der Waals surface area contributed by atoms with Gasteiger partial charge in [0.15, 0.2) is 0 Å². The van der Waals surface area contributed by atoms with Crippen molar-refractivity contribution in [2.45, 2.75) is 138 Å². The second-order valence-electron chi connectivity index (χ2n) is 16.7. The fourth-order valence-electron chi connectivity index (χ4n) is 8.47. The van der Waals surface area contributed by atoms with E-state index in [0.717, 1.165) is 57.9 Å². The second-order valence-corrected chi connectivity index (χ2v) is 16.7. The number of aromatic nitrogens is 2. The highest BCUT2D eigenvalue weighted by Gasteiger charge is 2.31. The summed E-state index contributed by atoms with van der Waals surface area (Å²) in [6.45, 7) is 27.7. The zero-order valence-electron chi connectivity index (χ0n) is 35.2. The first-order valence-corrected chi connectivity index (χ1v) is 21.2. The van der Waals surface area contributed by atoms with Gasteiger partial charge in [-0.3, -0.25) is 9.88 Å². The summed E-state index contributed by atoms with van der Waals surface area (Å²) in [5.74, 6) is 2.25. The Bertz CT molecular complexity index is 1620. The summed E-state index contributed by atoms with van der Waals surface area (Å²) in [7, 11) is 0. The Hall–Kier alpha value is -3.51. The number of rotatable bonds is 13. The van der Waals surface area contributed by atoms with Crippen LogP contribution in [0.5, 0.6) is 0 Å². The molecule has 3 aliphatic rings. The minimum atomic E-state index is -0.135. The zero-order chi connectivity index (χ0) is 39.1. The first-order chi connectivity index (χ1) is 26.1. The standard InChI is InChI=1S/C35H52N6.C8H18N2.C3H4/c1-6-41-32-14-13-26(38-15-9-7-10-16-38)20-29(32)31(22-35(3,4)5)34(41)30-21-28(23-37-33(30)25(2)36)40-19-18-39-17-11-8-12-27(39)24-40;1-3-5-6-7-8-10-9-4-2;1-3-2/h13-14,20-21,23,25,27H,6-12,15-19,22,24,36H2,1-5H3;4,9-10H,2-3,5-8H2,1H3;1H,2H3. The van der Waals surface area contributed by atoms with Gasteiger partial charge in [0, 0.05) is 86.3 Å². The fraction of sp³-hybridized carbons (Fsp3) is 0.630. The molecule has 0 amide bonds. The van der Waals surface area contributed by atoms with E-state index in [9.17, 15) is 0 Å². The van der Waals surface area contributed by atoms with Crippen LogP contribution in [0.15, 0.2) is 43.2 Å². The van der Waals surface area contributed by atoms with Crippen molar-refractivity contribution in [3.8, 4) is 23.6 Å². The molecule has 0 radical (unpaired) electrons. The van der Waals surface area contributed by atoms with Crippen LogP contribution in [-0.4, -0.2) is 66.3 Å². The van der Waals surface area contributed by atoms with Crippen molar-refractivity contribution in [2.24, 2.45) is 11.1 Å². The number of aryl methyl sites for hydroxylation is 1. The third-order valence-corrected chi connectivity index (χ3v) is 11.0. The summed E-state index contributed by atoms with van der Waals surface area (Å²) in [6.07, 6.45) is 22.5. The molecule has 2 unspecified atom stereocenters. The summed E-state index contributed by atoms with van der Waals surface area (Å²) in [6, 6.07) is 10.2. The molecule has 298 valence electrons. The van der Waals surface area contributed by atoms with E-state index in [1.807, 2.05) is 0 Å². The highest BCUT2D eigenvalue weighted by molar-refractivity contribution is 5.95. The van der Waals surface area contributed by atoms with Crippen molar-refractivity contribution < 1.29 is 0 Å². The van der Waals surface area contributed by atoms with Crippen molar-refractivity contribution in [3.05, 3.63) is 54.5 Å². The lowest BCUT2D eigenvalue weighted by Crippen LogP contribution is -2.54. The second kappa shape index (κ2) is 21.5. The third-order valence-electron chi connectivity index (χ3n) is 11.0.